The second-order valence-electron chi connectivity index (χ2n) is 3.67. The number of nitrogens with two attached hydrogens (primary N) is 1. The van der Waals surface area contributed by atoms with E-state index >= 15 is 0 Å². The molecule has 0 spiro atoms. The Balaban J connectivity index is 2.30. The fraction of sp³-hybridized carbons (Fsp3) is 0.455. The molecule has 0 aromatic heterocycles. The van der Waals surface area contributed by atoms with Gasteiger partial charge < -0.3 is 15.8 Å². The molecule has 0 saturated carbocycles. The van der Waals surface area contributed by atoms with E-state index in [9.17, 15) is 0 Å². The average Bonchev–Trinajstić information content (AvgIpc) is 2.64. The lowest BCUT2D eigenvalue weighted by molar-refractivity contribution is 0.404. The van der Waals surface area contributed by atoms with Crippen LogP contribution in [0.5, 0.6) is 5.75 Å². The molecule has 0 unspecified atom stereocenters. The van der Waals surface area contributed by atoms with Crippen LogP contribution >= 0.6 is 0 Å². The van der Waals surface area contributed by atoms with Crippen LogP contribution in [-0.4, -0.2) is 26.2 Å². The fourth-order valence-electron chi connectivity index (χ4n) is 2.01. The number of rotatable bonds is 2. The number of hydrogen-bond acceptors (Lipinski definition) is 3. The van der Waals surface area contributed by atoms with Gasteiger partial charge in [-0.15, -0.1) is 0 Å². The van der Waals surface area contributed by atoms with Crippen molar-refractivity contribution in [1.29, 1.82) is 0 Å². The Morgan fingerprint density at radius 1 is 1.36 bits per heavy atom. The summed E-state index contributed by atoms with van der Waals surface area (Å²) >= 11 is 0. The second kappa shape index (κ2) is 3.98. The molecule has 0 bridgehead atoms. The molecule has 3 N–H and O–H groups in total. The molecule has 1 aliphatic heterocycles. The lowest BCUT2D eigenvalue weighted by atomic mass is 9.94. The summed E-state index contributed by atoms with van der Waals surface area (Å²) in [7, 11) is 1.70. The van der Waals surface area contributed by atoms with Gasteiger partial charge in [0.2, 0.25) is 0 Å². The average molecular weight is 192 g/mol. The van der Waals surface area contributed by atoms with Gasteiger partial charge in [0.15, 0.2) is 0 Å². The van der Waals surface area contributed by atoms with Gasteiger partial charge in [-0.25, -0.2) is 0 Å². The van der Waals surface area contributed by atoms with Gasteiger partial charge in [0.25, 0.3) is 0 Å². The van der Waals surface area contributed by atoms with Crippen LogP contribution in [0.2, 0.25) is 0 Å². The highest BCUT2D eigenvalue weighted by Crippen LogP contribution is 2.29. The minimum Gasteiger partial charge on any atom is -0.496 e. The molecule has 1 aliphatic rings. The molecular weight excluding hydrogens is 176 g/mol. The second-order valence-corrected chi connectivity index (χ2v) is 3.67. The Hall–Kier alpha value is -1.06. The molecule has 0 radical (unpaired) electrons. The van der Waals surface area contributed by atoms with E-state index in [1.807, 2.05) is 18.2 Å². The van der Waals surface area contributed by atoms with E-state index in [2.05, 4.69) is 11.4 Å². The molecule has 3 heteroatoms. The Morgan fingerprint density at radius 3 is 2.79 bits per heavy atom. The SMILES string of the molecule is COc1ccccc1[C@H]1CNC[C@@H]1N. The van der Waals surface area contributed by atoms with Crippen molar-refractivity contribution < 1.29 is 4.74 Å². The van der Waals surface area contributed by atoms with Gasteiger partial charge >= 0.3 is 0 Å². The third kappa shape index (κ3) is 1.61. The Morgan fingerprint density at radius 2 is 2.14 bits per heavy atom. The highest BCUT2D eigenvalue weighted by Gasteiger charge is 2.27. The smallest absolute Gasteiger partial charge is 0.122 e. The van der Waals surface area contributed by atoms with E-state index < -0.39 is 0 Å². The standard InChI is InChI=1S/C11H16N2O/c1-14-11-5-3-2-4-8(11)9-6-13-7-10(9)12/h2-5,9-10,13H,6-7,12H2,1H3/t9-,10+/m1/s1. The molecule has 2 rings (SSSR count). The Kier molecular flexibility index (Phi) is 2.70. The van der Waals surface area contributed by atoms with Gasteiger partial charge in [-0.3, -0.25) is 0 Å². The topological polar surface area (TPSA) is 47.3 Å². The first kappa shape index (κ1) is 9.49. The van der Waals surface area contributed by atoms with Gasteiger partial charge in [-0.2, -0.15) is 0 Å². The van der Waals surface area contributed by atoms with Crippen molar-refractivity contribution in [3.8, 4) is 5.75 Å². The molecule has 2 atom stereocenters. The summed E-state index contributed by atoms with van der Waals surface area (Å²) in [4.78, 5) is 0. The molecule has 1 fully saturated rings. The predicted octanol–water partition coefficient (Wildman–Crippen LogP) is 0.709. The highest BCUT2D eigenvalue weighted by molar-refractivity contribution is 5.38. The zero-order valence-corrected chi connectivity index (χ0v) is 8.36. The van der Waals surface area contributed by atoms with Crippen molar-refractivity contribution in [2.75, 3.05) is 20.2 Å². The van der Waals surface area contributed by atoms with Gasteiger partial charge in [-0.05, 0) is 6.07 Å². The summed E-state index contributed by atoms with van der Waals surface area (Å²) in [6.45, 7) is 1.84. The predicted molar refractivity (Wildman–Crippen MR) is 56.6 cm³/mol. The van der Waals surface area contributed by atoms with Gasteiger partial charge in [0.1, 0.15) is 5.75 Å². The van der Waals surface area contributed by atoms with Crippen molar-refractivity contribution in [3.05, 3.63) is 29.8 Å². The van der Waals surface area contributed by atoms with E-state index in [4.69, 9.17) is 10.5 Å². The maximum Gasteiger partial charge on any atom is 0.122 e. The fourth-order valence-corrected chi connectivity index (χ4v) is 2.01. The normalized spacial score (nSPS) is 26.4. The molecule has 1 aromatic rings. The first-order valence-electron chi connectivity index (χ1n) is 4.92. The molecule has 0 aliphatic carbocycles. The van der Waals surface area contributed by atoms with Gasteiger partial charge in [0, 0.05) is 30.6 Å². The van der Waals surface area contributed by atoms with Crippen LogP contribution in [0.4, 0.5) is 0 Å². The van der Waals surface area contributed by atoms with Crippen LogP contribution in [-0.2, 0) is 0 Å². The van der Waals surface area contributed by atoms with E-state index in [0.717, 1.165) is 18.8 Å². The number of ether oxygens (including phenoxy) is 1. The molecule has 14 heavy (non-hydrogen) atoms. The third-order valence-corrected chi connectivity index (χ3v) is 2.80. The molecule has 1 aromatic carbocycles. The molecule has 0 amide bonds. The number of para-hydroxylation sites is 1. The van der Waals surface area contributed by atoms with Crippen molar-refractivity contribution >= 4 is 0 Å². The highest BCUT2D eigenvalue weighted by atomic mass is 16.5. The summed E-state index contributed by atoms with van der Waals surface area (Å²) in [5.41, 5.74) is 7.23. The minimum atomic E-state index is 0.200. The maximum atomic E-state index is 6.02. The summed E-state index contributed by atoms with van der Waals surface area (Å²) in [6, 6.07) is 8.29. The van der Waals surface area contributed by atoms with E-state index in [1.54, 1.807) is 7.11 Å². The Bertz CT molecular complexity index is 314. The first-order valence-corrected chi connectivity index (χ1v) is 4.92. The zero-order chi connectivity index (χ0) is 9.97. The summed E-state index contributed by atoms with van der Waals surface area (Å²) < 4.78 is 5.32. The van der Waals surface area contributed by atoms with Gasteiger partial charge in [-0.1, -0.05) is 18.2 Å². The van der Waals surface area contributed by atoms with Crippen LogP contribution in [0.15, 0.2) is 24.3 Å². The summed E-state index contributed by atoms with van der Waals surface area (Å²) in [6.07, 6.45) is 0. The molecule has 1 saturated heterocycles. The minimum absolute atomic E-state index is 0.200. The molecular formula is C11H16N2O. The maximum absolute atomic E-state index is 6.02. The van der Waals surface area contributed by atoms with E-state index in [0.29, 0.717) is 5.92 Å². The monoisotopic (exact) mass is 192 g/mol. The Labute approximate surface area is 84.3 Å². The summed E-state index contributed by atoms with van der Waals surface area (Å²) in [5, 5.41) is 3.29. The number of nitrogens with one attached hydrogen (secondary N) is 1. The molecule has 3 nitrogen and oxygen atoms in total. The molecule has 76 valence electrons. The number of benzene rings is 1. The van der Waals surface area contributed by atoms with E-state index in [-0.39, 0.29) is 6.04 Å². The van der Waals surface area contributed by atoms with Gasteiger partial charge in [0.05, 0.1) is 7.11 Å². The van der Waals surface area contributed by atoms with Crippen LogP contribution in [0.25, 0.3) is 0 Å². The van der Waals surface area contributed by atoms with Crippen molar-refractivity contribution in [3.63, 3.8) is 0 Å². The summed E-state index contributed by atoms with van der Waals surface area (Å²) in [5.74, 6) is 1.32. The van der Waals surface area contributed by atoms with Crippen molar-refractivity contribution in [2.45, 2.75) is 12.0 Å². The quantitative estimate of drug-likeness (QED) is 0.725. The van der Waals surface area contributed by atoms with Crippen molar-refractivity contribution in [1.82, 2.24) is 5.32 Å². The number of methoxy groups -OCH3 is 1. The third-order valence-electron chi connectivity index (χ3n) is 2.80. The van der Waals surface area contributed by atoms with Crippen LogP contribution < -0.4 is 15.8 Å². The lowest BCUT2D eigenvalue weighted by Gasteiger charge is -2.17. The van der Waals surface area contributed by atoms with Crippen LogP contribution in [0.1, 0.15) is 11.5 Å². The number of hydrogen-bond donors (Lipinski definition) is 2. The van der Waals surface area contributed by atoms with E-state index in [1.165, 1.54) is 5.56 Å². The molecule has 1 heterocycles. The lowest BCUT2D eigenvalue weighted by Crippen LogP contribution is -2.27. The largest absolute Gasteiger partial charge is 0.496 e. The van der Waals surface area contributed by atoms with Crippen LogP contribution in [0, 0.1) is 0 Å². The van der Waals surface area contributed by atoms with Crippen molar-refractivity contribution in [2.24, 2.45) is 5.73 Å². The van der Waals surface area contributed by atoms with Crippen LogP contribution in [0.3, 0.4) is 0 Å². The zero-order valence-electron chi connectivity index (χ0n) is 8.36. The first-order chi connectivity index (χ1) is 6.83.